The summed E-state index contributed by atoms with van der Waals surface area (Å²) in [5, 5.41) is 15.4. The molecule has 1 aliphatic heterocycles. The van der Waals surface area contributed by atoms with Crippen molar-refractivity contribution in [1.29, 1.82) is 0 Å². The van der Waals surface area contributed by atoms with Gasteiger partial charge in [-0.05, 0) is 44.6 Å². The molecule has 1 saturated heterocycles. The van der Waals surface area contributed by atoms with Crippen molar-refractivity contribution in [2.24, 2.45) is 5.92 Å². The van der Waals surface area contributed by atoms with Gasteiger partial charge in [0.2, 0.25) is 5.91 Å². The molecule has 4 heteroatoms. The zero-order valence-corrected chi connectivity index (χ0v) is 11.8. The average molecular weight is 256 g/mol. The molecule has 0 radical (unpaired) electrons. The van der Waals surface area contributed by atoms with E-state index in [-0.39, 0.29) is 18.1 Å². The Kier molecular flexibility index (Phi) is 6.65. The Morgan fingerprint density at radius 3 is 2.89 bits per heavy atom. The van der Waals surface area contributed by atoms with Crippen LogP contribution in [-0.4, -0.2) is 36.2 Å². The second-order valence-electron chi connectivity index (χ2n) is 5.55. The van der Waals surface area contributed by atoms with Crippen LogP contribution in [-0.2, 0) is 4.79 Å². The Morgan fingerprint density at radius 1 is 1.56 bits per heavy atom. The van der Waals surface area contributed by atoms with Gasteiger partial charge in [0.1, 0.15) is 0 Å². The van der Waals surface area contributed by atoms with Crippen molar-refractivity contribution in [3.05, 3.63) is 0 Å². The molecule has 18 heavy (non-hydrogen) atoms. The van der Waals surface area contributed by atoms with Crippen molar-refractivity contribution >= 4 is 5.91 Å². The van der Waals surface area contributed by atoms with Crippen LogP contribution in [0.1, 0.15) is 52.4 Å². The monoisotopic (exact) mass is 256 g/mol. The summed E-state index contributed by atoms with van der Waals surface area (Å²) < 4.78 is 0. The molecule has 1 fully saturated rings. The molecule has 1 amide bonds. The molecule has 0 aromatic heterocycles. The zero-order valence-electron chi connectivity index (χ0n) is 11.8. The van der Waals surface area contributed by atoms with Gasteiger partial charge in [0.05, 0.1) is 5.54 Å². The topological polar surface area (TPSA) is 61.4 Å². The number of hydrogen-bond acceptors (Lipinski definition) is 3. The van der Waals surface area contributed by atoms with Crippen LogP contribution in [0.4, 0.5) is 0 Å². The summed E-state index contributed by atoms with van der Waals surface area (Å²) in [6, 6.07) is 0. The fourth-order valence-corrected chi connectivity index (χ4v) is 2.67. The molecular weight excluding hydrogens is 228 g/mol. The maximum absolute atomic E-state index is 12.2. The second kappa shape index (κ2) is 7.74. The smallest absolute Gasteiger partial charge is 0.240 e. The molecule has 1 aliphatic rings. The molecule has 0 bridgehead atoms. The van der Waals surface area contributed by atoms with Crippen molar-refractivity contribution in [2.75, 3.05) is 19.7 Å². The minimum Gasteiger partial charge on any atom is -0.396 e. The van der Waals surface area contributed by atoms with Gasteiger partial charge in [-0.2, -0.15) is 0 Å². The number of carbonyl (C=O) groups excluding carboxylic acids is 1. The molecule has 2 atom stereocenters. The van der Waals surface area contributed by atoms with E-state index in [1.165, 1.54) is 0 Å². The molecule has 0 aliphatic carbocycles. The van der Waals surface area contributed by atoms with Gasteiger partial charge >= 0.3 is 0 Å². The predicted molar refractivity (Wildman–Crippen MR) is 73.4 cm³/mol. The highest BCUT2D eigenvalue weighted by Gasteiger charge is 2.39. The van der Waals surface area contributed by atoms with E-state index in [0.717, 1.165) is 51.6 Å². The van der Waals surface area contributed by atoms with Crippen LogP contribution in [0.5, 0.6) is 0 Å². The summed E-state index contributed by atoms with van der Waals surface area (Å²) in [5.41, 5.74) is -0.308. The standard InChI is InChI=1S/C14H28N2O2/c1-3-7-14(8-5-10-16-14)13(18)15-9-4-6-12(2)11-17/h12,16-17H,3-11H2,1-2H3,(H,15,18). The Morgan fingerprint density at radius 2 is 2.33 bits per heavy atom. The van der Waals surface area contributed by atoms with E-state index in [2.05, 4.69) is 17.6 Å². The van der Waals surface area contributed by atoms with Crippen molar-refractivity contribution in [2.45, 2.75) is 57.9 Å². The first-order chi connectivity index (χ1) is 8.64. The second-order valence-corrected chi connectivity index (χ2v) is 5.55. The summed E-state index contributed by atoms with van der Waals surface area (Å²) in [5.74, 6) is 0.495. The van der Waals surface area contributed by atoms with E-state index in [9.17, 15) is 4.79 Å². The van der Waals surface area contributed by atoms with Crippen LogP contribution in [0.25, 0.3) is 0 Å². The fourth-order valence-electron chi connectivity index (χ4n) is 2.67. The number of aliphatic hydroxyl groups is 1. The summed E-state index contributed by atoms with van der Waals surface area (Å²) in [6.07, 6.45) is 5.91. The normalized spacial score (nSPS) is 25.1. The van der Waals surface area contributed by atoms with Gasteiger partial charge in [0.15, 0.2) is 0 Å². The van der Waals surface area contributed by atoms with Crippen LogP contribution in [0, 0.1) is 5.92 Å². The minimum atomic E-state index is -0.308. The van der Waals surface area contributed by atoms with Crippen LogP contribution < -0.4 is 10.6 Å². The van der Waals surface area contributed by atoms with Crippen molar-refractivity contribution < 1.29 is 9.90 Å². The number of rotatable bonds is 8. The summed E-state index contributed by atoms with van der Waals surface area (Å²) in [6.45, 7) is 6.05. The quantitative estimate of drug-likeness (QED) is 0.576. The predicted octanol–water partition coefficient (Wildman–Crippen LogP) is 1.43. The lowest BCUT2D eigenvalue weighted by atomic mass is 9.91. The molecule has 4 nitrogen and oxygen atoms in total. The highest BCUT2D eigenvalue weighted by molar-refractivity contribution is 5.86. The Labute approximate surface area is 111 Å². The van der Waals surface area contributed by atoms with Gasteiger partial charge < -0.3 is 15.7 Å². The summed E-state index contributed by atoms with van der Waals surface area (Å²) in [4.78, 5) is 12.2. The van der Waals surface area contributed by atoms with Crippen LogP contribution in [0.3, 0.4) is 0 Å². The lowest BCUT2D eigenvalue weighted by Crippen LogP contribution is -2.53. The average Bonchev–Trinajstić information content (AvgIpc) is 2.84. The van der Waals surface area contributed by atoms with Gasteiger partial charge in [0, 0.05) is 13.2 Å². The number of hydrogen-bond donors (Lipinski definition) is 3. The molecule has 106 valence electrons. The van der Waals surface area contributed by atoms with Crippen LogP contribution in [0.15, 0.2) is 0 Å². The van der Waals surface area contributed by atoms with E-state index >= 15 is 0 Å². The van der Waals surface area contributed by atoms with Gasteiger partial charge in [-0.15, -0.1) is 0 Å². The van der Waals surface area contributed by atoms with Gasteiger partial charge in [-0.1, -0.05) is 20.3 Å². The Hall–Kier alpha value is -0.610. The third-order valence-electron chi connectivity index (χ3n) is 3.83. The molecule has 1 heterocycles. The zero-order chi connectivity index (χ0) is 13.4. The molecule has 2 unspecified atom stereocenters. The van der Waals surface area contributed by atoms with E-state index in [0.29, 0.717) is 5.92 Å². The first kappa shape index (κ1) is 15.4. The largest absolute Gasteiger partial charge is 0.396 e. The SMILES string of the molecule is CCCC1(C(=O)NCCCC(C)CO)CCCN1. The number of nitrogens with one attached hydrogen (secondary N) is 2. The highest BCUT2D eigenvalue weighted by Crippen LogP contribution is 2.24. The molecular formula is C14H28N2O2. The first-order valence-electron chi connectivity index (χ1n) is 7.29. The van der Waals surface area contributed by atoms with Crippen LogP contribution in [0.2, 0.25) is 0 Å². The van der Waals surface area contributed by atoms with Crippen molar-refractivity contribution in [3.63, 3.8) is 0 Å². The lowest BCUT2D eigenvalue weighted by Gasteiger charge is -2.27. The van der Waals surface area contributed by atoms with Gasteiger partial charge in [-0.3, -0.25) is 4.79 Å². The van der Waals surface area contributed by atoms with E-state index < -0.39 is 0 Å². The molecule has 0 aromatic rings. The molecule has 3 N–H and O–H groups in total. The number of aliphatic hydroxyl groups excluding tert-OH is 1. The van der Waals surface area contributed by atoms with Gasteiger partial charge in [0.25, 0.3) is 0 Å². The first-order valence-corrected chi connectivity index (χ1v) is 7.29. The van der Waals surface area contributed by atoms with Gasteiger partial charge in [-0.25, -0.2) is 0 Å². The number of amides is 1. The lowest BCUT2D eigenvalue weighted by molar-refractivity contribution is -0.127. The maximum Gasteiger partial charge on any atom is 0.240 e. The van der Waals surface area contributed by atoms with E-state index in [1.54, 1.807) is 0 Å². The minimum absolute atomic E-state index is 0.165. The van der Waals surface area contributed by atoms with Crippen LogP contribution >= 0.6 is 0 Å². The van der Waals surface area contributed by atoms with Crippen molar-refractivity contribution in [1.82, 2.24) is 10.6 Å². The highest BCUT2D eigenvalue weighted by atomic mass is 16.3. The molecule has 0 spiro atoms. The Balaban J connectivity index is 2.30. The van der Waals surface area contributed by atoms with E-state index in [4.69, 9.17) is 5.11 Å². The molecule has 0 aromatic carbocycles. The summed E-state index contributed by atoms with van der Waals surface area (Å²) >= 11 is 0. The van der Waals surface area contributed by atoms with Crippen molar-refractivity contribution in [3.8, 4) is 0 Å². The Bertz CT molecular complexity index is 250. The molecule has 0 saturated carbocycles. The fraction of sp³-hybridized carbons (Fsp3) is 0.929. The third-order valence-corrected chi connectivity index (χ3v) is 3.83. The third kappa shape index (κ3) is 4.25. The molecule has 1 rings (SSSR count). The van der Waals surface area contributed by atoms with E-state index in [1.807, 2.05) is 6.92 Å². The maximum atomic E-state index is 12.2. The summed E-state index contributed by atoms with van der Waals surface area (Å²) in [7, 11) is 0. The number of carbonyl (C=O) groups is 1.